The third-order valence-electron chi connectivity index (χ3n) is 10.6. The summed E-state index contributed by atoms with van der Waals surface area (Å²) in [5.41, 5.74) is -1.55. The summed E-state index contributed by atoms with van der Waals surface area (Å²) in [6.45, 7) is 3.65. The zero-order valence-corrected chi connectivity index (χ0v) is 44.4. The number of carbonyl (C=O) groups is 1. The molecular formula is C52H48N4O18S4. The quantitative estimate of drug-likeness (QED) is 0.0280. The predicted molar refractivity (Wildman–Crippen MR) is 288 cm³/mol. The molecule has 6 aromatic rings. The third kappa shape index (κ3) is 16.8. The van der Waals surface area contributed by atoms with Crippen LogP contribution < -0.4 is 0 Å². The SMILES string of the molecule is CCOC(C)=O.O=[N+]([O-])/C(=C/C=C/c1ccccc1[N+](=O)[O-])CC(S(=O)(=O)c1ccccc1)S(=O)(=O)c1ccccc1.O=[N+]([O-])/C(=C/C=C/c1ccccc1[N+](=O)[O-])CC(S(=O)(=O)c1ccccc1)S(=O)(=O)c1ccccc1. The van der Waals surface area contributed by atoms with Gasteiger partial charge in [0.1, 0.15) is 0 Å². The maximum Gasteiger partial charge on any atom is 0.302 e. The molecule has 78 heavy (non-hydrogen) atoms. The van der Waals surface area contributed by atoms with E-state index in [1.165, 1.54) is 153 Å². The molecule has 0 radical (unpaired) electrons. The summed E-state index contributed by atoms with van der Waals surface area (Å²) < 4.78 is 107. The van der Waals surface area contributed by atoms with E-state index in [-0.39, 0.29) is 48.1 Å². The van der Waals surface area contributed by atoms with Crippen molar-refractivity contribution in [2.75, 3.05) is 6.61 Å². The van der Waals surface area contributed by atoms with Crippen LogP contribution in [0.2, 0.25) is 0 Å². The van der Waals surface area contributed by atoms with Gasteiger partial charge in [-0.2, -0.15) is 0 Å². The summed E-state index contributed by atoms with van der Waals surface area (Å²) >= 11 is 0. The Labute approximate surface area is 448 Å². The molecule has 0 fully saturated rings. The first-order valence-electron chi connectivity index (χ1n) is 22.7. The molecule has 0 aliphatic rings. The van der Waals surface area contributed by atoms with E-state index >= 15 is 0 Å². The van der Waals surface area contributed by atoms with E-state index in [0.717, 1.165) is 24.3 Å². The van der Waals surface area contributed by atoms with E-state index in [9.17, 15) is 78.9 Å². The smallest absolute Gasteiger partial charge is 0.302 e. The lowest BCUT2D eigenvalue weighted by Crippen LogP contribution is -2.32. The van der Waals surface area contributed by atoms with Crippen molar-refractivity contribution in [3.05, 3.63) is 257 Å². The number of allylic oxidation sites excluding steroid dienone is 6. The number of rotatable bonds is 21. The Balaban J connectivity index is 0.000000304. The van der Waals surface area contributed by atoms with Crippen LogP contribution in [0.5, 0.6) is 0 Å². The van der Waals surface area contributed by atoms with Gasteiger partial charge in [0, 0.05) is 31.2 Å². The highest BCUT2D eigenvalue weighted by Gasteiger charge is 2.44. The van der Waals surface area contributed by atoms with Crippen molar-refractivity contribution in [3.63, 3.8) is 0 Å². The number of hydrogen-bond acceptors (Lipinski definition) is 18. The van der Waals surface area contributed by atoms with Crippen molar-refractivity contribution in [3.8, 4) is 0 Å². The molecule has 0 saturated heterocycles. The molecule has 0 amide bonds. The highest BCUT2D eigenvalue weighted by molar-refractivity contribution is 8.09. The first-order chi connectivity index (χ1) is 36.9. The van der Waals surface area contributed by atoms with Crippen molar-refractivity contribution in [1.29, 1.82) is 0 Å². The number of ether oxygens (including phenoxy) is 1. The van der Waals surface area contributed by atoms with Crippen LogP contribution >= 0.6 is 0 Å². The lowest BCUT2D eigenvalue weighted by Gasteiger charge is -2.17. The van der Waals surface area contributed by atoms with Gasteiger partial charge < -0.3 is 4.74 Å². The van der Waals surface area contributed by atoms with E-state index in [4.69, 9.17) is 0 Å². The number of sulfone groups is 4. The molecule has 26 heteroatoms. The number of para-hydroxylation sites is 2. The largest absolute Gasteiger partial charge is 0.466 e. The van der Waals surface area contributed by atoms with Gasteiger partial charge in [-0.25, -0.2) is 33.7 Å². The van der Waals surface area contributed by atoms with Crippen molar-refractivity contribution in [1.82, 2.24) is 0 Å². The Kier molecular flexibility index (Phi) is 22.4. The number of hydrogen-bond donors (Lipinski definition) is 0. The first-order valence-corrected chi connectivity index (χ1v) is 28.8. The standard InChI is InChI=1S/2C24H20N2O8S2.C4H8O2/c2*27-25(28)20(12-9-11-19-10-7-8-17-23(19)26(29)30)18-24(35(31,32)21-13-3-1-4-14-21)36(33,34)22-15-5-2-6-16-22;1-3-6-4(2)5/h2*1-17,24H,18H2;3H2,1-2H3/b2*11-9+,20-12+;. The van der Waals surface area contributed by atoms with E-state index in [0.29, 0.717) is 6.61 Å². The molecule has 0 aromatic heterocycles. The molecule has 0 spiro atoms. The Morgan fingerprint density at radius 3 is 0.923 bits per heavy atom. The molecule has 6 aromatic carbocycles. The molecule has 0 N–H and O–H groups in total. The molecule has 0 unspecified atom stereocenters. The monoisotopic (exact) mass is 1140 g/mol. The van der Waals surface area contributed by atoms with Crippen LogP contribution in [-0.2, 0) is 48.9 Å². The van der Waals surface area contributed by atoms with Gasteiger partial charge in [0.05, 0.1) is 69.9 Å². The summed E-state index contributed by atoms with van der Waals surface area (Å²) in [7, 11) is -18.3. The van der Waals surface area contributed by atoms with Gasteiger partial charge in [-0.1, -0.05) is 109 Å². The summed E-state index contributed by atoms with van der Waals surface area (Å²) in [6.07, 6.45) is 4.73. The second kappa shape index (κ2) is 28.3. The fourth-order valence-electron chi connectivity index (χ4n) is 6.89. The number of nitro benzene ring substituents is 2. The molecule has 22 nitrogen and oxygen atoms in total. The number of carbonyl (C=O) groups excluding carboxylic acids is 1. The van der Waals surface area contributed by atoms with Crippen LogP contribution in [-0.4, -0.2) is 75.1 Å². The second-order valence-electron chi connectivity index (χ2n) is 15.8. The second-order valence-corrected chi connectivity index (χ2v) is 24.9. The maximum atomic E-state index is 13.4. The van der Waals surface area contributed by atoms with Gasteiger partial charge >= 0.3 is 5.97 Å². The highest BCUT2D eigenvalue weighted by Crippen LogP contribution is 2.32. The summed E-state index contributed by atoms with van der Waals surface area (Å²) in [5, 5.41) is 45.9. The highest BCUT2D eigenvalue weighted by atomic mass is 32.3. The molecule has 6 rings (SSSR count). The van der Waals surface area contributed by atoms with Crippen molar-refractivity contribution >= 4 is 68.8 Å². The summed E-state index contributed by atoms with van der Waals surface area (Å²) in [4.78, 5) is 51.6. The van der Waals surface area contributed by atoms with Crippen LogP contribution in [0.25, 0.3) is 12.2 Å². The summed E-state index contributed by atoms with van der Waals surface area (Å²) in [6, 6.07) is 38.6. The lowest BCUT2D eigenvalue weighted by molar-refractivity contribution is -0.427. The Hall–Kier alpha value is -8.85. The van der Waals surface area contributed by atoms with Gasteiger partial charge in [0.2, 0.25) is 11.4 Å². The van der Waals surface area contributed by atoms with Gasteiger partial charge in [0.25, 0.3) is 11.4 Å². The van der Waals surface area contributed by atoms with Crippen LogP contribution in [0.15, 0.2) is 225 Å². The summed E-state index contributed by atoms with van der Waals surface area (Å²) in [5.74, 6) is -0.211. The van der Waals surface area contributed by atoms with Crippen molar-refractivity contribution < 1.29 is 62.9 Å². The number of esters is 1. The minimum absolute atomic E-state index is 0.159. The minimum Gasteiger partial charge on any atom is -0.466 e. The molecule has 408 valence electrons. The topological polar surface area (TPSA) is 335 Å². The molecule has 0 heterocycles. The van der Waals surface area contributed by atoms with Crippen LogP contribution in [0.4, 0.5) is 11.4 Å². The fourth-order valence-corrected chi connectivity index (χ4v) is 15.8. The van der Waals surface area contributed by atoms with Gasteiger partial charge in [-0.3, -0.25) is 45.3 Å². The average molecular weight is 1150 g/mol. The van der Waals surface area contributed by atoms with Crippen LogP contribution in [0, 0.1) is 40.5 Å². The fraction of sp³-hybridized carbons (Fsp3) is 0.135. The molecule has 0 aliphatic carbocycles. The van der Waals surface area contributed by atoms with Crippen molar-refractivity contribution in [2.24, 2.45) is 0 Å². The number of nitrogens with zero attached hydrogens (tertiary/aromatic N) is 4. The Bertz CT molecular complexity index is 3320. The average Bonchev–Trinajstić information content (AvgIpc) is 3.49. The Morgan fingerprint density at radius 1 is 0.449 bits per heavy atom. The lowest BCUT2D eigenvalue weighted by atomic mass is 10.1. The van der Waals surface area contributed by atoms with E-state index in [2.05, 4.69) is 4.74 Å². The molecule has 0 atom stereocenters. The maximum absolute atomic E-state index is 13.4. The number of nitro groups is 4. The number of benzene rings is 6. The van der Waals surface area contributed by atoms with E-state index in [1.54, 1.807) is 43.3 Å². The molecule has 0 aliphatic heterocycles. The van der Waals surface area contributed by atoms with E-state index < -0.39 is 92.4 Å². The van der Waals surface area contributed by atoms with Gasteiger partial charge in [-0.15, -0.1) is 0 Å². The minimum atomic E-state index is -4.58. The normalized spacial score (nSPS) is 12.3. The zero-order valence-electron chi connectivity index (χ0n) is 41.2. The van der Waals surface area contributed by atoms with Crippen LogP contribution in [0.3, 0.4) is 0 Å². The van der Waals surface area contributed by atoms with Gasteiger partial charge in [0.15, 0.2) is 48.5 Å². The van der Waals surface area contributed by atoms with Crippen LogP contribution in [0.1, 0.15) is 37.8 Å². The van der Waals surface area contributed by atoms with Crippen molar-refractivity contribution in [2.45, 2.75) is 55.4 Å². The Morgan fingerprint density at radius 2 is 0.705 bits per heavy atom. The third-order valence-corrected chi connectivity index (χ3v) is 20.8. The first kappa shape index (κ1) is 61.7. The van der Waals surface area contributed by atoms with Gasteiger partial charge in [-0.05, 0) is 79.7 Å². The molecular weight excluding hydrogens is 1100 g/mol. The zero-order chi connectivity index (χ0) is 57.7. The molecule has 0 bridgehead atoms. The predicted octanol–water partition coefficient (Wildman–Crippen LogP) is 9.43. The van der Waals surface area contributed by atoms with E-state index in [1.807, 2.05) is 0 Å². The molecule has 0 saturated carbocycles.